The minimum absolute atomic E-state index is 0.545. The van der Waals surface area contributed by atoms with Gasteiger partial charge in [0.2, 0.25) is 0 Å². The zero-order valence-electron chi connectivity index (χ0n) is 12.3. The van der Waals surface area contributed by atoms with E-state index >= 15 is 0 Å². The van der Waals surface area contributed by atoms with Crippen LogP contribution in [0.1, 0.15) is 50.6 Å². The zero-order chi connectivity index (χ0) is 13.5. The van der Waals surface area contributed by atoms with E-state index in [4.69, 9.17) is 0 Å². The molecule has 2 unspecified atom stereocenters. The monoisotopic (exact) mass is 277 g/mol. The molecule has 1 nitrogen and oxygen atoms in total. The fourth-order valence-electron chi connectivity index (χ4n) is 3.24. The van der Waals surface area contributed by atoms with E-state index in [-0.39, 0.29) is 0 Å². The summed E-state index contributed by atoms with van der Waals surface area (Å²) in [5, 5.41) is 3.88. The van der Waals surface area contributed by atoms with Crippen LogP contribution in [0.5, 0.6) is 0 Å². The summed E-state index contributed by atoms with van der Waals surface area (Å²) in [4.78, 5) is 0. The fourth-order valence-corrected chi connectivity index (χ4v) is 3.83. The molecule has 1 aromatic rings. The molecule has 2 rings (SSSR count). The highest BCUT2D eigenvalue weighted by Gasteiger charge is 2.25. The van der Waals surface area contributed by atoms with Gasteiger partial charge in [-0.2, -0.15) is 11.8 Å². The lowest BCUT2D eigenvalue weighted by atomic mass is 9.81. The van der Waals surface area contributed by atoms with Crippen molar-refractivity contribution in [2.24, 2.45) is 5.92 Å². The number of thioether (sulfide) groups is 1. The quantitative estimate of drug-likeness (QED) is 0.812. The van der Waals surface area contributed by atoms with Crippen molar-refractivity contribution in [3.8, 4) is 0 Å². The van der Waals surface area contributed by atoms with Gasteiger partial charge in [-0.05, 0) is 37.5 Å². The van der Waals surface area contributed by atoms with Crippen LogP contribution >= 0.6 is 11.8 Å². The third kappa shape index (κ3) is 4.54. The van der Waals surface area contributed by atoms with Crippen LogP contribution in [-0.2, 0) is 0 Å². The summed E-state index contributed by atoms with van der Waals surface area (Å²) >= 11 is 1.93. The lowest BCUT2D eigenvalue weighted by Gasteiger charge is -2.33. The van der Waals surface area contributed by atoms with E-state index < -0.39 is 0 Å². The van der Waals surface area contributed by atoms with Crippen molar-refractivity contribution in [2.75, 3.05) is 12.0 Å². The van der Waals surface area contributed by atoms with Crippen molar-refractivity contribution in [3.63, 3.8) is 0 Å². The van der Waals surface area contributed by atoms with Gasteiger partial charge in [-0.15, -0.1) is 0 Å². The number of benzene rings is 1. The van der Waals surface area contributed by atoms with Crippen molar-refractivity contribution < 1.29 is 0 Å². The third-order valence-corrected chi connectivity index (χ3v) is 4.99. The highest BCUT2D eigenvalue weighted by Crippen LogP contribution is 2.34. The summed E-state index contributed by atoms with van der Waals surface area (Å²) in [6.07, 6.45) is 9.21. The average molecular weight is 277 g/mol. The van der Waals surface area contributed by atoms with Crippen LogP contribution in [0.25, 0.3) is 0 Å². The Morgan fingerprint density at radius 2 is 1.84 bits per heavy atom. The van der Waals surface area contributed by atoms with Gasteiger partial charge in [0.25, 0.3) is 0 Å². The van der Waals surface area contributed by atoms with Crippen molar-refractivity contribution in [1.29, 1.82) is 0 Å². The first-order chi connectivity index (χ1) is 9.31. The van der Waals surface area contributed by atoms with E-state index in [9.17, 15) is 0 Å². The standard InChI is InChI=1S/C17H27NS/c1-14(13-19-2)18-17(15-9-5-3-6-10-15)16-11-7-4-8-12-16/h3,5-6,9-10,14,16-18H,4,7-8,11-13H2,1-2H3. The van der Waals surface area contributed by atoms with Gasteiger partial charge in [0.05, 0.1) is 0 Å². The van der Waals surface area contributed by atoms with E-state index in [2.05, 4.69) is 48.8 Å². The first kappa shape index (κ1) is 14.9. The molecule has 0 spiro atoms. The Hall–Kier alpha value is -0.470. The summed E-state index contributed by atoms with van der Waals surface area (Å²) in [6, 6.07) is 12.2. The van der Waals surface area contributed by atoms with Gasteiger partial charge in [0, 0.05) is 17.8 Å². The second kappa shape index (κ2) is 7.96. The maximum atomic E-state index is 3.88. The van der Waals surface area contributed by atoms with Crippen LogP contribution in [0.2, 0.25) is 0 Å². The number of nitrogens with one attached hydrogen (secondary N) is 1. The molecule has 1 aliphatic rings. The van der Waals surface area contributed by atoms with Gasteiger partial charge in [0.1, 0.15) is 0 Å². The molecule has 2 atom stereocenters. The molecule has 106 valence electrons. The van der Waals surface area contributed by atoms with Gasteiger partial charge in [-0.3, -0.25) is 0 Å². The van der Waals surface area contributed by atoms with Crippen LogP contribution in [0.15, 0.2) is 30.3 Å². The Labute approximate surface area is 122 Å². The number of rotatable bonds is 6. The van der Waals surface area contributed by atoms with Crippen molar-refractivity contribution in [2.45, 2.75) is 51.1 Å². The predicted octanol–water partition coefficient (Wildman–Crippen LogP) is 4.65. The molecule has 0 amide bonds. The van der Waals surface area contributed by atoms with Gasteiger partial charge >= 0.3 is 0 Å². The minimum Gasteiger partial charge on any atom is -0.306 e. The van der Waals surface area contributed by atoms with Crippen molar-refractivity contribution >= 4 is 11.8 Å². The highest BCUT2D eigenvalue weighted by molar-refractivity contribution is 7.98. The largest absolute Gasteiger partial charge is 0.306 e. The Bertz CT molecular complexity index is 346. The molecule has 1 saturated carbocycles. The summed E-state index contributed by atoms with van der Waals surface area (Å²) in [5.41, 5.74) is 1.47. The Morgan fingerprint density at radius 3 is 2.47 bits per heavy atom. The molecule has 19 heavy (non-hydrogen) atoms. The Morgan fingerprint density at radius 1 is 1.16 bits per heavy atom. The summed E-state index contributed by atoms with van der Waals surface area (Å²) in [6.45, 7) is 2.31. The molecule has 0 aromatic heterocycles. The maximum absolute atomic E-state index is 3.88. The van der Waals surface area contributed by atoms with Crippen LogP contribution in [0.4, 0.5) is 0 Å². The van der Waals surface area contributed by atoms with Gasteiger partial charge < -0.3 is 5.32 Å². The average Bonchev–Trinajstić information content (AvgIpc) is 2.47. The zero-order valence-corrected chi connectivity index (χ0v) is 13.1. The van der Waals surface area contributed by atoms with Crippen molar-refractivity contribution in [3.05, 3.63) is 35.9 Å². The fraction of sp³-hybridized carbons (Fsp3) is 0.647. The summed E-state index contributed by atoms with van der Waals surface area (Å²) < 4.78 is 0. The van der Waals surface area contributed by atoms with Crippen LogP contribution < -0.4 is 5.32 Å². The van der Waals surface area contributed by atoms with Gasteiger partial charge in [-0.1, -0.05) is 49.6 Å². The molecule has 0 aliphatic heterocycles. The number of hydrogen-bond acceptors (Lipinski definition) is 2. The van der Waals surface area contributed by atoms with Crippen LogP contribution in [-0.4, -0.2) is 18.1 Å². The Kier molecular flexibility index (Phi) is 6.25. The second-order valence-electron chi connectivity index (χ2n) is 5.81. The predicted molar refractivity (Wildman–Crippen MR) is 86.7 cm³/mol. The van der Waals surface area contributed by atoms with Crippen molar-refractivity contribution in [1.82, 2.24) is 5.32 Å². The highest BCUT2D eigenvalue weighted by atomic mass is 32.2. The van der Waals surface area contributed by atoms with Gasteiger partial charge in [0.15, 0.2) is 0 Å². The molecule has 1 fully saturated rings. The Balaban J connectivity index is 2.08. The molecular formula is C17H27NS. The minimum atomic E-state index is 0.545. The lowest BCUT2D eigenvalue weighted by Crippen LogP contribution is -2.37. The first-order valence-electron chi connectivity index (χ1n) is 7.61. The smallest absolute Gasteiger partial charge is 0.0351 e. The van der Waals surface area contributed by atoms with E-state index in [1.165, 1.54) is 43.4 Å². The normalized spacial score (nSPS) is 20.1. The van der Waals surface area contributed by atoms with E-state index in [1.807, 2.05) is 11.8 Å². The lowest BCUT2D eigenvalue weighted by molar-refractivity contribution is 0.261. The van der Waals surface area contributed by atoms with Crippen LogP contribution in [0.3, 0.4) is 0 Å². The third-order valence-electron chi connectivity index (χ3n) is 4.16. The number of hydrogen-bond donors (Lipinski definition) is 1. The SMILES string of the molecule is CSCC(C)NC(c1ccccc1)C1CCCCC1. The van der Waals surface area contributed by atoms with Gasteiger partial charge in [-0.25, -0.2) is 0 Å². The molecule has 0 saturated heterocycles. The first-order valence-corrected chi connectivity index (χ1v) is 9.00. The van der Waals surface area contributed by atoms with E-state index in [0.717, 1.165) is 5.92 Å². The molecular weight excluding hydrogens is 250 g/mol. The maximum Gasteiger partial charge on any atom is 0.0351 e. The summed E-state index contributed by atoms with van der Waals surface area (Å²) in [5.74, 6) is 2.01. The topological polar surface area (TPSA) is 12.0 Å². The molecule has 2 heteroatoms. The van der Waals surface area contributed by atoms with E-state index in [0.29, 0.717) is 12.1 Å². The van der Waals surface area contributed by atoms with E-state index in [1.54, 1.807) is 0 Å². The summed E-state index contributed by atoms with van der Waals surface area (Å²) in [7, 11) is 0. The molecule has 0 heterocycles. The second-order valence-corrected chi connectivity index (χ2v) is 6.72. The molecule has 0 bridgehead atoms. The molecule has 1 aromatic carbocycles. The molecule has 1 aliphatic carbocycles. The molecule has 1 N–H and O–H groups in total. The van der Waals surface area contributed by atoms with Crippen LogP contribution in [0, 0.1) is 5.92 Å². The molecule has 0 radical (unpaired) electrons.